The molecular weight excluding hydrogens is 1280 g/mol. The predicted octanol–water partition coefficient (Wildman–Crippen LogP) is 25.1. The first-order valence-corrected chi connectivity index (χ1v) is 36.8. The van der Waals surface area contributed by atoms with Gasteiger partial charge in [-0.25, -0.2) is 0 Å². The molecule has 2 aliphatic rings. The Morgan fingerprint density at radius 2 is 0.594 bits per heavy atom. The molecule has 2 aromatic heterocycles. The van der Waals surface area contributed by atoms with Crippen molar-refractivity contribution in [2.45, 2.75) is 26.2 Å². The van der Waals surface area contributed by atoms with Crippen LogP contribution in [-0.2, 0) is 5.41 Å². The maximum Gasteiger partial charge on any atom is 0.252 e. The minimum Gasteiger partial charge on any atom is -0.311 e. The van der Waals surface area contributed by atoms with E-state index < -0.39 is 0 Å². The first-order chi connectivity index (χ1) is 52.2. The summed E-state index contributed by atoms with van der Waals surface area (Å²) in [6, 6.07) is 143. The zero-order valence-corrected chi connectivity index (χ0v) is 59.2. The second-order valence-corrected chi connectivity index (χ2v) is 29.3. The molecule has 20 rings (SSSR count). The number of hydrogen-bond donors (Lipinski definition) is 0. The molecule has 0 radical (unpaired) electrons. The minimum atomic E-state index is -0.244. The lowest BCUT2D eigenvalue weighted by Gasteiger charge is -2.45. The second-order valence-electron chi connectivity index (χ2n) is 29.3. The third kappa shape index (κ3) is 10.5. The summed E-state index contributed by atoms with van der Waals surface area (Å²) < 4.78 is 4.93. The van der Waals surface area contributed by atoms with Crippen LogP contribution < -0.4 is 31.1 Å². The summed E-state index contributed by atoms with van der Waals surface area (Å²) in [4.78, 5) is 7.70. The normalized spacial score (nSPS) is 12.4. The Labute approximate surface area is 618 Å². The number of rotatable bonds is 12. The lowest BCUT2D eigenvalue weighted by atomic mass is 9.33. The van der Waals surface area contributed by atoms with Gasteiger partial charge < -0.3 is 23.8 Å². The molecule has 6 heteroatoms. The van der Waals surface area contributed by atoms with E-state index in [1.807, 2.05) is 0 Å². The highest BCUT2D eigenvalue weighted by molar-refractivity contribution is 7.00. The number of anilines is 9. The molecule has 0 saturated carbocycles. The molecule has 16 aromatic carbocycles. The van der Waals surface area contributed by atoms with Crippen LogP contribution >= 0.6 is 0 Å². The van der Waals surface area contributed by atoms with E-state index in [0.717, 1.165) is 124 Å². The van der Waals surface area contributed by atoms with Gasteiger partial charge in [0, 0.05) is 78.4 Å². The van der Waals surface area contributed by atoms with Crippen molar-refractivity contribution < 1.29 is 0 Å². The standard InChI is InChI=1S/C100H72BN5/c1-100(2,3)77-37-27-36-71(58-77)72-48-54-89-95(63-72)105(82-59-73(67-28-9-4-10-29-67)56-74(60-82)68-30-11-5-12-31-68)97-65-84(104-93-46-25-21-42-87(93)88-43-22-26-47-94(88)104)66-98-99(97)101(89)90-55-53-81(64-96(90)106(98)83-61-75(69-32-13-6-14-33-69)57-76(62-83)70-34-15-7-16-35-70)102(78-38-17-8-18-39-78)79-49-51-80(52-50-79)103-91-44-23-19-40-85(91)86-41-20-24-45-92(86)103/h4-66H,1-3H3. The number of aromatic nitrogens is 2. The van der Waals surface area contributed by atoms with Crippen LogP contribution in [0.2, 0.25) is 0 Å². The van der Waals surface area contributed by atoms with Crippen molar-refractivity contribution in [1.29, 1.82) is 0 Å². The van der Waals surface area contributed by atoms with Crippen LogP contribution in [0.4, 0.5) is 51.2 Å². The van der Waals surface area contributed by atoms with Crippen LogP contribution in [0.5, 0.6) is 0 Å². The maximum absolute atomic E-state index is 2.63. The van der Waals surface area contributed by atoms with Gasteiger partial charge in [0.2, 0.25) is 0 Å². The molecule has 18 aromatic rings. The number of nitrogens with zero attached hydrogens (tertiary/aromatic N) is 5. The molecule has 0 amide bonds. The van der Waals surface area contributed by atoms with Crippen LogP contribution in [0.3, 0.4) is 0 Å². The van der Waals surface area contributed by atoms with Gasteiger partial charge in [0.25, 0.3) is 6.71 Å². The SMILES string of the molecule is CC(C)(C)c1cccc(-c2ccc3c(c2)N(c2cc(-c4ccccc4)cc(-c4ccccc4)c2)c2cc(-n4c5ccccc5c5ccccc54)cc4c2B3c2ccc(N(c3ccccc3)c3ccc(-n5c6ccccc6c6ccccc65)cc3)cc2N4c2cc(-c3ccccc3)cc(-c3ccccc3)c2)c1. The summed E-state index contributed by atoms with van der Waals surface area (Å²) >= 11 is 0. The van der Waals surface area contributed by atoms with Crippen molar-refractivity contribution >= 4 is 118 Å². The molecule has 0 atom stereocenters. The third-order valence-corrected chi connectivity index (χ3v) is 21.9. The van der Waals surface area contributed by atoms with Gasteiger partial charge in [-0.15, -0.1) is 0 Å². The summed E-state index contributed by atoms with van der Waals surface area (Å²) in [5.41, 5.74) is 32.7. The van der Waals surface area contributed by atoms with Crippen LogP contribution in [0.15, 0.2) is 382 Å². The van der Waals surface area contributed by atoms with E-state index in [1.165, 1.54) is 60.1 Å². The number of benzene rings is 16. The molecule has 0 bridgehead atoms. The van der Waals surface area contributed by atoms with Gasteiger partial charge in [0.1, 0.15) is 0 Å². The molecule has 500 valence electrons. The van der Waals surface area contributed by atoms with Crippen LogP contribution in [0, 0.1) is 0 Å². The molecule has 5 nitrogen and oxygen atoms in total. The van der Waals surface area contributed by atoms with E-state index in [1.54, 1.807) is 0 Å². The van der Waals surface area contributed by atoms with Crippen molar-refractivity contribution in [1.82, 2.24) is 9.13 Å². The van der Waals surface area contributed by atoms with Crippen molar-refractivity contribution in [3.05, 3.63) is 388 Å². The monoisotopic (exact) mass is 1350 g/mol. The Morgan fingerprint density at radius 3 is 1.04 bits per heavy atom. The van der Waals surface area contributed by atoms with Gasteiger partial charge in [-0.3, -0.25) is 0 Å². The Morgan fingerprint density at radius 1 is 0.236 bits per heavy atom. The highest BCUT2D eigenvalue weighted by Gasteiger charge is 2.45. The molecule has 0 fully saturated rings. The predicted molar refractivity (Wildman–Crippen MR) is 450 cm³/mol. The zero-order chi connectivity index (χ0) is 70.6. The number of hydrogen-bond acceptors (Lipinski definition) is 3. The molecule has 2 aliphatic heterocycles. The quantitative estimate of drug-likeness (QED) is 0.114. The summed E-state index contributed by atoms with van der Waals surface area (Å²) in [5.74, 6) is 0. The molecule has 106 heavy (non-hydrogen) atoms. The average Bonchev–Trinajstić information content (AvgIpc) is 0.752. The van der Waals surface area contributed by atoms with Gasteiger partial charge in [0.05, 0.1) is 27.8 Å². The Balaban J connectivity index is 0.902. The first kappa shape index (κ1) is 62.4. The molecule has 0 saturated heterocycles. The van der Waals surface area contributed by atoms with E-state index in [-0.39, 0.29) is 12.1 Å². The smallest absolute Gasteiger partial charge is 0.252 e. The molecular formula is C100H72BN5. The summed E-state index contributed by atoms with van der Waals surface area (Å²) in [5, 5.41) is 4.88. The molecule has 4 heterocycles. The summed E-state index contributed by atoms with van der Waals surface area (Å²) in [6.45, 7) is 6.69. The van der Waals surface area contributed by atoms with E-state index in [9.17, 15) is 0 Å². The van der Waals surface area contributed by atoms with Crippen molar-refractivity contribution in [2.24, 2.45) is 0 Å². The van der Waals surface area contributed by atoms with Crippen LogP contribution in [0.1, 0.15) is 26.3 Å². The Kier molecular flexibility index (Phi) is 14.8. The lowest BCUT2D eigenvalue weighted by molar-refractivity contribution is 0.590. The van der Waals surface area contributed by atoms with Crippen molar-refractivity contribution in [3.8, 4) is 67.0 Å². The highest BCUT2D eigenvalue weighted by atomic mass is 15.2. The van der Waals surface area contributed by atoms with Gasteiger partial charge in [-0.1, -0.05) is 276 Å². The number of para-hydroxylation sites is 5. The molecule has 0 aliphatic carbocycles. The number of fused-ring (bicyclic) bond motifs is 10. The maximum atomic E-state index is 2.63. The molecule has 0 N–H and O–H groups in total. The van der Waals surface area contributed by atoms with Gasteiger partial charge >= 0.3 is 0 Å². The highest BCUT2D eigenvalue weighted by Crippen LogP contribution is 2.51. The summed E-state index contributed by atoms with van der Waals surface area (Å²) in [6.07, 6.45) is 0. The minimum absolute atomic E-state index is 0.0630. The van der Waals surface area contributed by atoms with Gasteiger partial charge in [-0.05, 0) is 210 Å². The average molecular weight is 1350 g/mol. The van der Waals surface area contributed by atoms with Gasteiger partial charge in [-0.2, -0.15) is 0 Å². The Bertz CT molecular complexity index is 6210. The zero-order valence-electron chi connectivity index (χ0n) is 59.2. The van der Waals surface area contributed by atoms with Crippen LogP contribution in [0.25, 0.3) is 111 Å². The second kappa shape index (κ2) is 25.2. The van der Waals surface area contributed by atoms with Crippen molar-refractivity contribution in [3.63, 3.8) is 0 Å². The Hall–Kier alpha value is -13.4. The molecule has 0 spiro atoms. The van der Waals surface area contributed by atoms with E-state index in [4.69, 9.17) is 0 Å². The fourth-order valence-corrected chi connectivity index (χ4v) is 17.0. The summed E-state index contributed by atoms with van der Waals surface area (Å²) in [7, 11) is 0. The third-order valence-electron chi connectivity index (χ3n) is 21.9. The van der Waals surface area contributed by atoms with E-state index >= 15 is 0 Å². The van der Waals surface area contributed by atoms with Gasteiger partial charge in [0.15, 0.2) is 0 Å². The van der Waals surface area contributed by atoms with Crippen LogP contribution in [-0.4, -0.2) is 15.8 Å². The molecule has 0 unspecified atom stereocenters. The van der Waals surface area contributed by atoms with E-state index in [2.05, 4.69) is 427 Å². The topological polar surface area (TPSA) is 19.6 Å². The van der Waals surface area contributed by atoms with E-state index in [0.29, 0.717) is 0 Å². The fourth-order valence-electron chi connectivity index (χ4n) is 17.0. The van der Waals surface area contributed by atoms with Crippen molar-refractivity contribution in [2.75, 3.05) is 14.7 Å². The first-order valence-electron chi connectivity index (χ1n) is 36.8. The lowest BCUT2D eigenvalue weighted by Crippen LogP contribution is -2.61. The fraction of sp³-hybridized carbons (Fsp3) is 0.0400. The largest absolute Gasteiger partial charge is 0.311 e.